The molecule has 0 bridgehead atoms. The van der Waals surface area contributed by atoms with E-state index in [2.05, 4.69) is 52.0 Å². The molecule has 0 saturated carbocycles. The Kier molecular flexibility index (Phi) is 7.00. The molecule has 0 aliphatic carbocycles. The van der Waals surface area contributed by atoms with Gasteiger partial charge in [-0.2, -0.15) is 0 Å². The summed E-state index contributed by atoms with van der Waals surface area (Å²) in [6.45, 7) is 8.59. The molecule has 0 fully saturated rings. The van der Waals surface area contributed by atoms with Crippen LogP contribution in [-0.4, -0.2) is 0 Å². The van der Waals surface area contributed by atoms with Crippen LogP contribution in [0.1, 0.15) is 50.3 Å². The monoisotopic (exact) mass is 272 g/mol. The maximum Gasteiger partial charge on any atom is 0.123 e. The minimum absolute atomic E-state index is 0.163. The summed E-state index contributed by atoms with van der Waals surface area (Å²) in [6.07, 6.45) is 2.31. The normalized spacial score (nSPS) is 10.1. The number of halogens is 1. The van der Waals surface area contributed by atoms with Gasteiger partial charge in [-0.15, -0.1) is 0 Å². The van der Waals surface area contributed by atoms with Gasteiger partial charge in [0.05, 0.1) is 0 Å². The Labute approximate surface area is 122 Å². The van der Waals surface area contributed by atoms with Crippen LogP contribution in [0, 0.1) is 5.82 Å². The van der Waals surface area contributed by atoms with E-state index in [1.807, 2.05) is 12.1 Å². The minimum Gasteiger partial charge on any atom is -0.207 e. The van der Waals surface area contributed by atoms with E-state index in [1.54, 1.807) is 0 Å². The fraction of sp³-hybridized carbons (Fsp3) is 0.368. The first kappa shape index (κ1) is 16.4. The van der Waals surface area contributed by atoms with Crippen molar-refractivity contribution in [1.29, 1.82) is 0 Å². The van der Waals surface area contributed by atoms with Gasteiger partial charge in [-0.1, -0.05) is 64.1 Å². The summed E-state index contributed by atoms with van der Waals surface area (Å²) in [4.78, 5) is 0. The average Bonchev–Trinajstić information content (AvgIpc) is 2.48. The van der Waals surface area contributed by atoms with Crippen LogP contribution in [0.3, 0.4) is 0 Å². The van der Waals surface area contributed by atoms with Crippen LogP contribution in [0.5, 0.6) is 0 Å². The molecule has 0 nitrogen and oxygen atoms in total. The smallest absolute Gasteiger partial charge is 0.123 e. The number of hydrogen-bond acceptors (Lipinski definition) is 0. The molecular weight excluding hydrogens is 247 g/mol. The highest BCUT2D eigenvalue weighted by molar-refractivity contribution is 5.26. The lowest BCUT2D eigenvalue weighted by Gasteiger charge is -2.02. The molecule has 0 heterocycles. The van der Waals surface area contributed by atoms with E-state index in [9.17, 15) is 4.39 Å². The second-order valence-electron chi connectivity index (χ2n) is 5.18. The summed E-state index contributed by atoms with van der Waals surface area (Å²) >= 11 is 0. The zero-order valence-corrected chi connectivity index (χ0v) is 13.0. The van der Waals surface area contributed by atoms with Crippen LogP contribution in [0.2, 0.25) is 0 Å². The van der Waals surface area contributed by atoms with Crippen LogP contribution < -0.4 is 0 Å². The van der Waals surface area contributed by atoms with Gasteiger partial charge in [-0.05, 0) is 47.6 Å². The van der Waals surface area contributed by atoms with E-state index < -0.39 is 0 Å². The molecule has 0 aliphatic rings. The van der Waals surface area contributed by atoms with Gasteiger partial charge in [0, 0.05) is 0 Å². The first-order chi connectivity index (χ1) is 9.58. The number of hydrogen-bond donors (Lipinski definition) is 0. The number of aryl methyl sites for hydroxylation is 2. The first-order valence-electron chi connectivity index (χ1n) is 7.40. The Bertz CT molecular complexity index is 474. The Morgan fingerprint density at radius 3 is 1.60 bits per heavy atom. The predicted molar refractivity (Wildman–Crippen MR) is 85.7 cm³/mol. The van der Waals surface area contributed by atoms with Crippen molar-refractivity contribution < 1.29 is 4.39 Å². The van der Waals surface area contributed by atoms with Crippen LogP contribution in [0.15, 0.2) is 48.5 Å². The second kappa shape index (κ2) is 8.52. The van der Waals surface area contributed by atoms with E-state index in [1.165, 1.54) is 28.8 Å². The lowest BCUT2D eigenvalue weighted by molar-refractivity contribution is 0.626. The maximum atomic E-state index is 12.4. The molecule has 108 valence electrons. The average molecular weight is 272 g/mol. The van der Waals surface area contributed by atoms with Crippen LogP contribution in [0.25, 0.3) is 0 Å². The molecule has 0 radical (unpaired) electrons. The summed E-state index contributed by atoms with van der Waals surface area (Å²) in [5.41, 5.74) is 4.16. The van der Waals surface area contributed by atoms with Crippen LogP contribution in [-0.2, 0) is 12.8 Å². The SMILES string of the molecule is CC(C)c1ccc(F)cc1.CCc1ccccc1CC. The quantitative estimate of drug-likeness (QED) is 0.666. The van der Waals surface area contributed by atoms with Gasteiger partial charge in [0.25, 0.3) is 0 Å². The summed E-state index contributed by atoms with van der Waals surface area (Å²) < 4.78 is 12.4. The molecule has 0 N–H and O–H groups in total. The molecule has 2 aromatic carbocycles. The molecule has 0 spiro atoms. The highest BCUT2D eigenvalue weighted by Crippen LogP contribution is 2.13. The number of benzene rings is 2. The zero-order chi connectivity index (χ0) is 15.0. The fourth-order valence-electron chi connectivity index (χ4n) is 2.10. The van der Waals surface area contributed by atoms with Crippen LogP contribution >= 0.6 is 0 Å². The van der Waals surface area contributed by atoms with E-state index in [0.29, 0.717) is 5.92 Å². The van der Waals surface area contributed by atoms with Gasteiger partial charge < -0.3 is 0 Å². The van der Waals surface area contributed by atoms with Crippen LogP contribution in [0.4, 0.5) is 4.39 Å². The van der Waals surface area contributed by atoms with E-state index in [-0.39, 0.29) is 5.82 Å². The van der Waals surface area contributed by atoms with Gasteiger partial charge in [0.2, 0.25) is 0 Å². The van der Waals surface area contributed by atoms with E-state index >= 15 is 0 Å². The van der Waals surface area contributed by atoms with Crippen molar-refractivity contribution in [3.63, 3.8) is 0 Å². The standard InChI is InChI=1S/C10H14.C9H11F/c1-3-9-7-5-6-8-10(9)4-2;1-7(2)8-3-5-9(10)6-4-8/h5-8H,3-4H2,1-2H3;3-7H,1-2H3. The van der Waals surface area contributed by atoms with Crippen molar-refractivity contribution >= 4 is 0 Å². The second-order valence-corrected chi connectivity index (χ2v) is 5.18. The maximum absolute atomic E-state index is 12.4. The third-order valence-corrected chi connectivity index (χ3v) is 3.42. The van der Waals surface area contributed by atoms with Gasteiger partial charge in [0.15, 0.2) is 0 Å². The third-order valence-electron chi connectivity index (χ3n) is 3.42. The molecule has 0 aliphatic heterocycles. The minimum atomic E-state index is -0.163. The lowest BCUT2D eigenvalue weighted by atomic mass is 10.0. The molecular formula is C19H25F. The Morgan fingerprint density at radius 2 is 1.25 bits per heavy atom. The topological polar surface area (TPSA) is 0 Å². The molecule has 0 amide bonds. The van der Waals surface area contributed by atoms with Gasteiger partial charge in [0.1, 0.15) is 5.82 Å². The Hall–Kier alpha value is -1.63. The van der Waals surface area contributed by atoms with E-state index in [0.717, 1.165) is 12.8 Å². The van der Waals surface area contributed by atoms with Crippen molar-refractivity contribution in [2.75, 3.05) is 0 Å². The van der Waals surface area contributed by atoms with Gasteiger partial charge in [-0.3, -0.25) is 0 Å². The van der Waals surface area contributed by atoms with Crippen molar-refractivity contribution in [3.05, 3.63) is 71.0 Å². The Morgan fingerprint density at radius 1 is 0.800 bits per heavy atom. The van der Waals surface area contributed by atoms with Gasteiger partial charge in [-0.25, -0.2) is 4.39 Å². The van der Waals surface area contributed by atoms with Gasteiger partial charge >= 0.3 is 0 Å². The lowest BCUT2D eigenvalue weighted by Crippen LogP contribution is -1.88. The highest BCUT2D eigenvalue weighted by Gasteiger charge is 1.96. The number of rotatable bonds is 3. The summed E-state index contributed by atoms with van der Waals surface area (Å²) in [7, 11) is 0. The fourth-order valence-corrected chi connectivity index (χ4v) is 2.10. The summed E-state index contributed by atoms with van der Waals surface area (Å²) in [5.74, 6) is 0.324. The highest BCUT2D eigenvalue weighted by atomic mass is 19.1. The first-order valence-corrected chi connectivity index (χ1v) is 7.40. The molecule has 0 unspecified atom stereocenters. The summed E-state index contributed by atoms with van der Waals surface area (Å²) in [5, 5.41) is 0. The molecule has 20 heavy (non-hydrogen) atoms. The largest absolute Gasteiger partial charge is 0.207 e. The molecule has 0 atom stereocenters. The van der Waals surface area contributed by atoms with E-state index in [4.69, 9.17) is 0 Å². The predicted octanol–water partition coefficient (Wildman–Crippen LogP) is 5.76. The van der Waals surface area contributed by atoms with Crippen molar-refractivity contribution in [2.24, 2.45) is 0 Å². The van der Waals surface area contributed by atoms with Crippen molar-refractivity contribution in [2.45, 2.75) is 46.5 Å². The summed E-state index contributed by atoms with van der Waals surface area (Å²) in [6, 6.07) is 15.3. The third kappa shape index (κ3) is 5.16. The molecule has 2 rings (SSSR count). The zero-order valence-electron chi connectivity index (χ0n) is 13.0. The molecule has 0 aromatic heterocycles. The molecule has 0 saturated heterocycles. The Balaban J connectivity index is 0.000000200. The van der Waals surface area contributed by atoms with Crippen molar-refractivity contribution in [3.8, 4) is 0 Å². The molecule has 2 aromatic rings. The van der Waals surface area contributed by atoms with Crippen molar-refractivity contribution in [1.82, 2.24) is 0 Å². The molecule has 1 heteroatoms.